The number of hydrogen-bond acceptors (Lipinski definition) is 5. The van der Waals surface area contributed by atoms with E-state index in [4.69, 9.17) is 4.74 Å². The summed E-state index contributed by atoms with van der Waals surface area (Å²) in [5.41, 5.74) is 2.70. The molecule has 1 aromatic carbocycles. The molecule has 3 heterocycles. The number of para-hydroxylation sites is 1. The molecule has 0 fully saturated rings. The Hall–Kier alpha value is -3.48. The highest BCUT2D eigenvalue weighted by Gasteiger charge is 2.26. The number of carbonyl (C=O) groups excluding carboxylic acids is 2. The van der Waals surface area contributed by atoms with Crippen LogP contribution in [-0.2, 0) is 22.5 Å². The van der Waals surface area contributed by atoms with E-state index in [2.05, 4.69) is 4.98 Å². The van der Waals surface area contributed by atoms with E-state index in [0.29, 0.717) is 24.1 Å². The molecule has 2 aromatic heterocycles. The van der Waals surface area contributed by atoms with Crippen molar-refractivity contribution in [1.29, 1.82) is 0 Å². The third-order valence-corrected chi connectivity index (χ3v) is 5.14. The van der Waals surface area contributed by atoms with E-state index in [-0.39, 0.29) is 11.5 Å². The van der Waals surface area contributed by atoms with Crippen molar-refractivity contribution in [3.63, 3.8) is 0 Å². The molecule has 3 aromatic rings. The van der Waals surface area contributed by atoms with Crippen LogP contribution >= 0.6 is 0 Å². The quantitative estimate of drug-likeness (QED) is 0.638. The normalized spacial score (nSPS) is 12.8. The molecular formula is C22H21N3O4. The summed E-state index contributed by atoms with van der Waals surface area (Å²) in [4.78, 5) is 43.9. The van der Waals surface area contributed by atoms with Gasteiger partial charge in [0.1, 0.15) is 11.2 Å². The fourth-order valence-electron chi connectivity index (χ4n) is 3.63. The van der Waals surface area contributed by atoms with Crippen molar-refractivity contribution < 1.29 is 14.3 Å². The highest BCUT2D eigenvalue weighted by molar-refractivity contribution is 5.99. The number of carbonyl (C=O) groups is 2. The summed E-state index contributed by atoms with van der Waals surface area (Å²) in [6.45, 7) is 4.42. The molecule has 0 spiro atoms. The summed E-state index contributed by atoms with van der Waals surface area (Å²) < 4.78 is 6.94. The Labute approximate surface area is 167 Å². The van der Waals surface area contributed by atoms with Crippen molar-refractivity contribution in [2.24, 2.45) is 0 Å². The van der Waals surface area contributed by atoms with Crippen molar-refractivity contribution in [3.05, 3.63) is 69.6 Å². The molecule has 0 saturated carbocycles. The number of pyridine rings is 2. The number of benzene rings is 1. The molecule has 0 atom stereocenters. The van der Waals surface area contributed by atoms with Crippen molar-refractivity contribution in [2.45, 2.75) is 26.8 Å². The van der Waals surface area contributed by atoms with Gasteiger partial charge in [0.2, 0.25) is 5.43 Å². The van der Waals surface area contributed by atoms with Crippen molar-refractivity contribution in [1.82, 2.24) is 9.55 Å². The molecular weight excluding hydrogens is 370 g/mol. The first-order chi connectivity index (χ1) is 14.0. The molecule has 0 unspecified atom stereocenters. The van der Waals surface area contributed by atoms with Crippen molar-refractivity contribution in [2.75, 3.05) is 18.1 Å². The zero-order valence-electron chi connectivity index (χ0n) is 16.3. The van der Waals surface area contributed by atoms with Crippen LogP contribution in [0.3, 0.4) is 0 Å². The summed E-state index contributed by atoms with van der Waals surface area (Å²) in [7, 11) is 0. The van der Waals surface area contributed by atoms with E-state index < -0.39 is 18.0 Å². The summed E-state index contributed by atoms with van der Waals surface area (Å²) in [5, 5.41) is 0.353. The monoisotopic (exact) mass is 391 g/mol. The van der Waals surface area contributed by atoms with Gasteiger partial charge in [-0.25, -0.2) is 9.78 Å². The first kappa shape index (κ1) is 18.9. The molecule has 1 aliphatic heterocycles. The predicted octanol–water partition coefficient (Wildman–Crippen LogP) is 2.47. The maximum absolute atomic E-state index is 12.8. The summed E-state index contributed by atoms with van der Waals surface area (Å²) in [6, 6.07) is 11.0. The smallest absolute Gasteiger partial charge is 0.344 e. The number of aromatic nitrogens is 2. The fraction of sp³-hybridized carbons (Fsp3) is 0.273. The van der Waals surface area contributed by atoms with Gasteiger partial charge in [0, 0.05) is 30.7 Å². The van der Waals surface area contributed by atoms with Gasteiger partial charge in [0.15, 0.2) is 6.61 Å². The minimum atomic E-state index is -0.805. The molecule has 0 N–H and O–H groups in total. The number of rotatable bonds is 4. The van der Waals surface area contributed by atoms with E-state index in [9.17, 15) is 14.4 Å². The highest BCUT2D eigenvalue weighted by Crippen LogP contribution is 2.27. The number of aryl methyl sites for hydroxylation is 2. The molecule has 0 saturated heterocycles. The Bertz CT molecular complexity index is 1180. The van der Waals surface area contributed by atoms with Gasteiger partial charge in [-0.2, -0.15) is 0 Å². The van der Waals surface area contributed by atoms with Crippen LogP contribution in [0.2, 0.25) is 0 Å². The van der Waals surface area contributed by atoms with Crippen molar-refractivity contribution >= 4 is 28.6 Å². The van der Waals surface area contributed by atoms with Crippen LogP contribution in [-0.4, -0.2) is 34.6 Å². The first-order valence-corrected chi connectivity index (χ1v) is 9.55. The minimum absolute atomic E-state index is 0.0976. The molecule has 7 nitrogen and oxygen atoms in total. The lowest BCUT2D eigenvalue weighted by atomic mass is 10.2. The largest absolute Gasteiger partial charge is 0.452 e. The van der Waals surface area contributed by atoms with Crippen LogP contribution in [0, 0.1) is 6.92 Å². The van der Waals surface area contributed by atoms with E-state index in [1.807, 2.05) is 38.1 Å². The fourth-order valence-corrected chi connectivity index (χ4v) is 3.63. The van der Waals surface area contributed by atoms with Gasteiger partial charge in [-0.1, -0.05) is 18.2 Å². The van der Waals surface area contributed by atoms with Gasteiger partial charge in [0.05, 0.1) is 5.39 Å². The summed E-state index contributed by atoms with van der Waals surface area (Å²) in [6.07, 6.45) is 2.23. The lowest BCUT2D eigenvalue weighted by Gasteiger charge is -2.17. The standard InChI is InChI=1S/C22H21N3O4/c1-3-24-12-17(20(27)16-9-8-14(2)23-21(16)24)22(28)29-13-19(26)25-11-10-15-6-4-5-7-18(15)25/h4-9,12H,3,10-11,13H2,1-2H3. The summed E-state index contributed by atoms with van der Waals surface area (Å²) >= 11 is 0. The third-order valence-electron chi connectivity index (χ3n) is 5.14. The molecule has 1 amide bonds. The van der Waals surface area contributed by atoms with E-state index in [1.54, 1.807) is 21.6 Å². The molecule has 29 heavy (non-hydrogen) atoms. The van der Waals surface area contributed by atoms with Crippen molar-refractivity contribution in [3.8, 4) is 0 Å². The average molecular weight is 391 g/mol. The number of fused-ring (bicyclic) bond motifs is 2. The number of nitrogens with zero attached hydrogens (tertiary/aromatic N) is 3. The molecule has 4 rings (SSSR count). The maximum atomic E-state index is 12.8. The molecule has 0 bridgehead atoms. The highest BCUT2D eigenvalue weighted by atomic mass is 16.5. The predicted molar refractivity (Wildman–Crippen MR) is 109 cm³/mol. The molecule has 0 radical (unpaired) electrons. The van der Waals surface area contributed by atoms with Crippen LogP contribution in [0.4, 0.5) is 5.69 Å². The zero-order chi connectivity index (χ0) is 20.5. The number of amides is 1. The van der Waals surface area contributed by atoms with E-state index >= 15 is 0 Å². The summed E-state index contributed by atoms with van der Waals surface area (Å²) in [5.74, 6) is -1.11. The number of esters is 1. The second-order valence-electron chi connectivity index (χ2n) is 6.98. The van der Waals surface area contributed by atoms with Crippen LogP contribution in [0.5, 0.6) is 0 Å². The van der Waals surface area contributed by atoms with Crippen LogP contribution in [0.1, 0.15) is 28.5 Å². The lowest BCUT2D eigenvalue weighted by Crippen LogP contribution is -2.33. The lowest BCUT2D eigenvalue weighted by molar-refractivity contribution is -0.121. The van der Waals surface area contributed by atoms with E-state index in [0.717, 1.165) is 23.4 Å². The van der Waals surface area contributed by atoms with Gasteiger partial charge in [-0.15, -0.1) is 0 Å². The van der Waals surface area contributed by atoms with Crippen LogP contribution in [0.15, 0.2) is 47.4 Å². The van der Waals surface area contributed by atoms with Gasteiger partial charge in [0.25, 0.3) is 5.91 Å². The van der Waals surface area contributed by atoms with Gasteiger partial charge in [-0.3, -0.25) is 9.59 Å². The Morgan fingerprint density at radius 3 is 2.76 bits per heavy atom. The Morgan fingerprint density at radius 1 is 1.17 bits per heavy atom. The molecule has 0 aliphatic carbocycles. The average Bonchev–Trinajstić information content (AvgIpc) is 3.16. The minimum Gasteiger partial charge on any atom is -0.452 e. The maximum Gasteiger partial charge on any atom is 0.344 e. The second kappa shape index (κ2) is 7.50. The molecule has 148 valence electrons. The van der Waals surface area contributed by atoms with Crippen LogP contribution < -0.4 is 10.3 Å². The topological polar surface area (TPSA) is 81.5 Å². The second-order valence-corrected chi connectivity index (χ2v) is 6.98. The van der Waals surface area contributed by atoms with Gasteiger partial charge in [-0.05, 0) is 44.0 Å². The SMILES string of the molecule is CCn1cc(C(=O)OCC(=O)N2CCc3ccccc32)c(=O)c2ccc(C)nc21. The Balaban J connectivity index is 1.56. The Morgan fingerprint density at radius 2 is 1.97 bits per heavy atom. The number of hydrogen-bond donors (Lipinski definition) is 0. The van der Waals surface area contributed by atoms with E-state index in [1.165, 1.54) is 6.20 Å². The number of anilines is 1. The van der Waals surface area contributed by atoms with Crippen LogP contribution in [0.25, 0.3) is 11.0 Å². The third kappa shape index (κ3) is 3.40. The molecule has 1 aliphatic rings. The zero-order valence-corrected chi connectivity index (χ0v) is 16.3. The first-order valence-electron chi connectivity index (χ1n) is 9.55. The van der Waals surface area contributed by atoms with Gasteiger partial charge < -0.3 is 14.2 Å². The van der Waals surface area contributed by atoms with Gasteiger partial charge >= 0.3 is 5.97 Å². The Kier molecular flexibility index (Phi) is 4.88. The molecule has 7 heteroatoms. The number of ether oxygens (including phenoxy) is 1.